The zero-order valence-electron chi connectivity index (χ0n) is 22.5. The molecule has 3 aromatic carbocycles. The van der Waals surface area contributed by atoms with Crippen LogP contribution in [0.1, 0.15) is 49.8 Å². The molecule has 0 spiro atoms. The molecule has 2 N–H and O–H groups in total. The molecule has 38 heavy (non-hydrogen) atoms. The SMILES string of the molecule is COc1cc(C2Nc3ccccc3NC3=C2C(=O)CC(c2ccc(OC(C)C)cc2)C3)cc(OC)c1OC. The van der Waals surface area contributed by atoms with Gasteiger partial charge >= 0.3 is 0 Å². The molecule has 0 bridgehead atoms. The van der Waals surface area contributed by atoms with E-state index in [1.54, 1.807) is 21.3 Å². The number of hydrogen-bond donors (Lipinski definition) is 2. The summed E-state index contributed by atoms with van der Waals surface area (Å²) in [4.78, 5) is 13.9. The van der Waals surface area contributed by atoms with Gasteiger partial charge in [0.15, 0.2) is 17.3 Å². The lowest BCUT2D eigenvalue weighted by Gasteiger charge is -2.30. The average molecular weight is 515 g/mol. The van der Waals surface area contributed by atoms with Crippen LogP contribution < -0.4 is 29.6 Å². The van der Waals surface area contributed by atoms with E-state index in [-0.39, 0.29) is 17.8 Å². The second-order valence-electron chi connectivity index (χ2n) is 9.86. The molecule has 1 aliphatic heterocycles. The average Bonchev–Trinajstić information content (AvgIpc) is 3.09. The van der Waals surface area contributed by atoms with Gasteiger partial charge in [-0.1, -0.05) is 24.3 Å². The summed E-state index contributed by atoms with van der Waals surface area (Å²) in [6.45, 7) is 4.02. The molecule has 198 valence electrons. The van der Waals surface area contributed by atoms with Gasteiger partial charge in [0.1, 0.15) is 5.75 Å². The van der Waals surface area contributed by atoms with Crippen LogP contribution in [-0.2, 0) is 4.79 Å². The summed E-state index contributed by atoms with van der Waals surface area (Å²) in [5, 5.41) is 7.21. The minimum atomic E-state index is -0.398. The summed E-state index contributed by atoms with van der Waals surface area (Å²) in [6, 6.07) is 19.5. The van der Waals surface area contributed by atoms with Gasteiger partial charge in [-0.15, -0.1) is 0 Å². The number of carbonyl (C=O) groups excluding carboxylic acids is 1. The first-order valence-electron chi connectivity index (χ1n) is 12.9. The first-order valence-corrected chi connectivity index (χ1v) is 12.9. The second kappa shape index (κ2) is 10.7. The molecule has 0 saturated heterocycles. The molecule has 2 aliphatic rings. The third-order valence-electron chi connectivity index (χ3n) is 7.05. The van der Waals surface area contributed by atoms with Crippen molar-refractivity contribution in [1.82, 2.24) is 0 Å². The van der Waals surface area contributed by atoms with E-state index in [1.807, 2.05) is 62.4 Å². The normalized spacial score (nSPS) is 18.5. The largest absolute Gasteiger partial charge is 0.493 e. The van der Waals surface area contributed by atoms with Crippen molar-refractivity contribution in [2.75, 3.05) is 32.0 Å². The van der Waals surface area contributed by atoms with Crippen LogP contribution in [0.15, 0.2) is 71.9 Å². The molecule has 7 heteroatoms. The third-order valence-corrected chi connectivity index (χ3v) is 7.05. The number of ketones is 1. The molecule has 0 saturated carbocycles. The Morgan fingerprint density at radius 1 is 0.816 bits per heavy atom. The summed E-state index contributed by atoms with van der Waals surface area (Å²) >= 11 is 0. The van der Waals surface area contributed by atoms with Crippen LogP contribution in [0.25, 0.3) is 0 Å². The Morgan fingerprint density at radius 2 is 1.47 bits per heavy atom. The number of anilines is 2. The van der Waals surface area contributed by atoms with Gasteiger partial charge in [-0.05, 0) is 73.7 Å². The molecule has 1 heterocycles. The summed E-state index contributed by atoms with van der Waals surface area (Å²) in [6.07, 6.45) is 1.24. The Bertz CT molecular complexity index is 1340. The molecule has 0 amide bonds. The fourth-order valence-corrected chi connectivity index (χ4v) is 5.34. The van der Waals surface area contributed by atoms with E-state index in [4.69, 9.17) is 18.9 Å². The second-order valence-corrected chi connectivity index (χ2v) is 9.86. The van der Waals surface area contributed by atoms with E-state index in [2.05, 4.69) is 22.8 Å². The van der Waals surface area contributed by atoms with Crippen LogP contribution in [0.3, 0.4) is 0 Å². The van der Waals surface area contributed by atoms with E-state index < -0.39 is 6.04 Å². The van der Waals surface area contributed by atoms with Gasteiger partial charge in [0.25, 0.3) is 0 Å². The molecule has 0 aromatic heterocycles. The Labute approximate surface area is 223 Å². The third kappa shape index (κ3) is 4.88. The lowest BCUT2D eigenvalue weighted by atomic mass is 9.78. The highest BCUT2D eigenvalue weighted by Crippen LogP contribution is 2.47. The van der Waals surface area contributed by atoms with Crippen molar-refractivity contribution in [3.63, 3.8) is 0 Å². The van der Waals surface area contributed by atoms with E-state index >= 15 is 0 Å². The van der Waals surface area contributed by atoms with Crippen molar-refractivity contribution < 1.29 is 23.7 Å². The van der Waals surface area contributed by atoms with E-state index in [0.717, 1.165) is 39.5 Å². The van der Waals surface area contributed by atoms with Gasteiger partial charge in [0.05, 0.1) is 44.8 Å². The fraction of sp³-hybridized carbons (Fsp3) is 0.323. The smallest absolute Gasteiger partial charge is 0.203 e. The van der Waals surface area contributed by atoms with Crippen LogP contribution >= 0.6 is 0 Å². The molecule has 2 unspecified atom stereocenters. The highest BCUT2D eigenvalue weighted by molar-refractivity contribution is 6.01. The number of rotatable bonds is 7. The quantitative estimate of drug-likeness (QED) is 0.374. The maximum absolute atomic E-state index is 13.9. The Balaban J connectivity index is 1.57. The predicted octanol–water partition coefficient (Wildman–Crippen LogP) is 6.48. The van der Waals surface area contributed by atoms with E-state index in [9.17, 15) is 4.79 Å². The maximum atomic E-state index is 13.9. The van der Waals surface area contributed by atoms with Crippen LogP contribution in [0.4, 0.5) is 11.4 Å². The number of methoxy groups -OCH3 is 3. The van der Waals surface area contributed by atoms with Gasteiger partial charge in [0, 0.05) is 17.7 Å². The Hall–Kier alpha value is -4.13. The van der Waals surface area contributed by atoms with Crippen molar-refractivity contribution in [1.29, 1.82) is 0 Å². The van der Waals surface area contributed by atoms with Crippen molar-refractivity contribution in [2.24, 2.45) is 0 Å². The lowest BCUT2D eigenvalue weighted by Crippen LogP contribution is -2.27. The monoisotopic (exact) mass is 514 g/mol. The molecule has 1 aliphatic carbocycles. The Morgan fingerprint density at radius 3 is 2.08 bits per heavy atom. The summed E-state index contributed by atoms with van der Waals surface area (Å²) in [5.74, 6) is 2.60. The topological polar surface area (TPSA) is 78.1 Å². The fourth-order valence-electron chi connectivity index (χ4n) is 5.34. The number of ether oxygens (including phenoxy) is 4. The minimum Gasteiger partial charge on any atom is -0.493 e. The van der Waals surface area contributed by atoms with Gasteiger partial charge in [0.2, 0.25) is 5.75 Å². The summed E-state index contributed by atoms with van der Waals surface area (Å²) in [5.41, 5.74) is 5.48. The number of fused-ring (bicyclic) bond motifs is 1. The van der Waals surface area contributed by atoms with Crippen LogP contribution in [-0.4, -0.2) is 33.2 Å². The van der Waals surface area contributed by atoms with Gasteiger partial charge in [-0.2, -0.15) is 0 Å². The van der Waals surface area contributed by atoms with Crippen molar-refractivity contribution >= 4 is 17.2 Å². The number of para-hydroxylation sites is 2. The molecule has 0 fully saturated rings. The number of benzene rings is 3. The molecule has 3 aromatic rings. The summed E-state index contributed by atoms with van der Waals surface area (Å²) < 4.78 is 22.6. The minimum absolute atomic E-state index is 0.0627. The molecule has 0 radical (unpaired) electrons. The molecular weight excluding hydrogens is 480 g/mol. The predicted molar refractivity (Wildman–Crippen MR) is 149 cm³/mol. The number of Topliss-reactive ketones (excluding diaryl/α,β-unsaturated/α-hetero) is 1. The number of allylic oxidation sites excluding steroid dienone is 1. The van der Waals surface area contributed by atoms with Crippen molar-refractivity contribution in [2.45, 2.75) is 44.8 Å². The lowest BCUT2D eigenvalue weighted by molar-refractivity contribution is -0.116. The van der Waals surface area contributed by atoms with Crippen molar-refractivity contribution in [3.8, 4) is 23.0 Å². The molecule has 2 atom stereocenters. The van der Waals surface area contributed by atoms with Gasteiger partial charge in [-0.3, -0.25) is 4.79 Å². The molecule has 7 nitrogen and oxygen atoms in total. The van der Waals surface area contributed by atoms with Crippen molar-refractivity contribution in [3.05, 3.63) is 83.1 Å². The highest BCUT2D eigenvalue weighted by Gasteiger charge is 2.36. The maximum Gasteiger partial charge on any atom is 0.203 e. The number of hydrogen-bond acceptors (Lipinski definition) is 7. The molecule has 5 rings (SSSR count). The number of nitrogens with one attached hydrogen (secondary N) is 2. The van der Waals surface area contributed by atoms with Crippen LogP contribution in [0.2, 0.25) is 0 Å². The highest BCUT2D eigenvalue weighted by atomic mass is 16.5. The first kappa shape index (κ1) is 25.5. The van der Waals surface area contributed by atoms with E-state index in [1.165, 1.54) is 0 Å². The van der Waals surface area contributed by atoms with E-state index in [0.29, 0.717) is 30.1 Å². The van der Waals surface area contributed by atoms with Crippen LogP contribution in [0, 0.1) is 0 Å². The zero-order valence-corrected chi connectivity index (χ0v) is 22.5. The van der Waals surface area contributed by atoms with Crippen LogP contribution in [0.5, 0.6) is 23.0 Å². The number of carbonyl (C=O) groups is 1. The first-order chi connectivity index (χ1) is 18.4. The summed E-state index contributed by atoms with van der Waals surface area (Å²) in [7, 11) is 4.77. The van der Waals surface area contributed by atoms with Gasteiger partial charge < -0.3 is 29.6 Å². The van der Waals surface area contributed by atoms with Gasteiger partial charge in [-0.25, -0.2) is 0 Å². The zero-order chi connectivity index (χ0) is 26.8. The Kier molecular flexibility index (Phi) is 7.18. The standard InChI is InChI=1S/C31H34N2O5/c1-18(2)38-22-12-10-19(11-13-22)20-14-25-29(26(34)15-20)30(33-24-9-7-6-8-23(24)32-25)21-16-27(35-3)31(37-5)28(17-21)36-4/h6-13,16-18,20,30,32-33H,14-15H2,1-5H3. The molecular formula is C31H34N2O5.